The fourth-order valence-electron chi connectivity index (χ4n) is 0.897. The van der Waals surface area contributed by atoms with Crippen molar-refractivity contribution in [3.63, 3.8) is 0 Å². The lowest BCUT2D eigenvalue weighted by atomic mass is 10.5. The lowest BCUT2D eigenvalue weighted by Gasteiger charge is -1.98. The number of nitrogens with zero attached hydrogens (tertiary/aromatic N) is 2. The smallest absolute Gasteiger partial charge is 0.159 e. The van der Waals surface area contributed by atoms with Gasteiger partial charge in [0.25, 0.3) is 0 Å². The van der Waals surface area contributed by atoms with Crippen LogP contribution in [0.15, 0.2) is 10.7 Å². The quantitative estimate of drug-likeness (QED) is 0.831. The third kappa shape index (κ3) is 2.71. The standard InChI is InChI=1S/C7H12BrN3S/c1-12-4-2-3-11-5-6(8)7(9)10-11/h5H,2-4H2,1H3,(H2,9,10). The van der Waals surface area contributed by atoms with Crippen LogP contribution in [0.1, 0.15) is 6.42 Å². The molecule has 1 aromatic rings. The highest BCUT2D eigenvalue weighted by molar-refractivity contribution is 9.10. The zero-order valence-electron chi connectivity index (χ0n) is 6.96. The zero-order chi connectivity index (χ0) is 8.97. The molecule has 0 saturated carbocycles. The Morgan fingerprint density at radius 2 is 2.50 bits per heavy atom. The minimum atomic E-state index is 0.569. The van der Waals surface area contributed by atoms with Crippen molar-refractivity contribution in [2.24, 2.45) is 0 Å². The summed E-state index contributed by atoms with van der Waals surface area (Å²) in [6.07, 6.45) is 5.15. The van der Waals surface area contributed by atoms with Crippen LogP contribution < -0.4 is 5.73 Å². The molecule has 1 heterocycles. The highest BCUT2D eigenvalue weighted by Crippen LogP contribution is 2.16. The van der Waals surface area contributed by atoms with Gasteiger partial charge in [0.1, 0.15) is 0 Å². The Morgan fingerprint density at radius 1 is 1.75 bits per heavy atom. The summed E-state index contributed by atoms with van der Waals surface area (Å²) in [6, 6.07) is 0. The molecule has 12 heavy (non-hydrogen) atoms. The summed E-state index contributed by atoms with van der Waals surface area (Å²) in [4.78, 5) is 0. The molecule has 0 amide bonds. The van der Waals surface area contributed by atoms with Crippen molar-refractivity contribution in [3.8, 4) is 0 Å². The normalized spacial score (nSPS) is 10.5. The first-order chi connectivity index (χ1) is 5.74. The van der Waals surface area contributed by atoms with Crippen molar-refractivity contribution in [1.82, 2.24) is 9.78 Å². The first-order valence-corrected chi connectivity index (χ1v) is 5.90. The van der Waals surface area contributed by atoms with E-state index in [1.807, 2.05) is 22.6 Å². The second kappa shape index (κ2) is 4.77. The van der Waals surface area contributed by atoms with Gasteiger partial charge in [0.15, 0.2) is 5.82 Å². The molecule has 0 aliphatic carbocycles. The summed E-state index contributed by atoms with van der Waals surface area (Å²) in [6.45, 7) is 0.941. The van der Waals surface area contributed by atoms with Gasteiger partial charge in [-0.25, -0.2) is 0 Å². The molecule has 2 N–H and O–H groups in total. The molecule has 0 spiro atoms. The molecule has 0 aliphatic heterocycles. The largest absolute Gasteiger partial charge is 0.381 e. The summed E-state index contributed by atoms with van der Waals surface area (Å²) in [7, 11) is 0. The number of rotatable bonds is 4. The number of nitrogen functional groups attached to an aromatic ring is 1. The molecule has 1 aromatic heterocycles. The van der Waals surface area contributed by atoms with Gasteiger partial charge in [-0.1, -0.05) is 0 Å². The average Bonchev–Trinajstić information content (AvgIpc) is 2.32. The van der Waals surface area contributed by atoms with E-state index in [0.717, 1.165) is 23.2 Å². The molecule has 0 fully saturated rings. The van der Waals surface area contributed by atoms with Gasteiger partial charge in [0.2, 0.25) is 0 Å². The molecular weight excluding hydrogens is 238 g/mol. The average molecular weight is 250 g/mol. The molecule has 0 radical (unpaired) electrons. The Hall–Kier alpha value is -0.160. The molecule has 1 rings (SSSR count). The van der Waals surface area contributed by atoms with Crippen molar-refractivity contribution in [2.45, 2.75) is 13.0 Å². The first kappa shape index (κ1) is 9.92. The molecule has 5 heteroatoms. The Morgan fingerprint density at radius 3 is 3.00 bits per heavy atom. The minimum absolute atomic E-state index is 0.569. The van der Waals surface area contributed by atoms with E-state index in [1.165, 1.54) is 0 Å². The predicted molar refractivity (Wildman–Crippen MR) is 57.3 cm³/mol. The number of aromatic nitrogens is 2. The third-order valence-electron chi connectivity index (χ3n) is 1.48. The van der Waals surface area contributed by atoms with Crippen molar-refractivity contribution in [2.75, 3.05) is 17.7 Å². The lowest BCUT2D eigenvalue weighted by Crippen LogP contribution is -2.00. The van der Waals surface area contributed by atoms with E-state index in [1.54, 1.807) is 0 Å². The highest BCUT2D eigenvalue weighted by Gasteiger charge is 2.00. The van der Waals surface area contributed by atoms with E-state index in [0.29, 0.717) is 5.82 Å². The topological polar surface area (TPSA) is 43.8 Å². The molecule has 68 valence electrons. The molecule has 0 saturated heterocycles. The second-order valence-electron chi connectivity index (χ2n) is 2.47. The number of nitrogens with two attached hydrogens (primary N) is 1. The van der Waals surface area contributed by atoms with Gasteiger partial charge in [0, 0.05) is 12.7 Å². The van der Waals surface area contributed by atoms with Gasteiger partial charge in [-0.3, -0.25) is 4.68 Å². The van der Waals surface area contributed by atoms with Gasteiger partial charge in [-0.15, -0.1) is 0 Å². The van der Waals surface area contributed by atoms with E-state index in [-0.39, 0.29) is 0 Å². The van der Waals surface area contributed by atoms with Crippen LogP contribution in [-0.4, -0.2) is 21.8 Å². The SMILES string of the molecule is CSCCCn1cc(Br)c(N)n1. The summed E-state index contributed by atoms with van der Waals surface area (Å²) < 4.78 is 2.75. The summed E-state index contributed by atoms with van der Waals surface area (Å²) in [5.41, 5.74) is 5.56. The maximum Gasteiger partial charge on any atom is 0.159 e. The van der Waals surface area contributed by atoms with E-state index in [2.05, 4.69) is 27.3 Å². The molecule has 0 aromatic carbocycles. The lowest BCUT2D eigenvalue weighted by molar-refractivity contribution is 0.608. The van der Waals surface area contributed by atoms with Crippen LogP contribution in [0.4, 0.5) is 5.82 Å². The van der Waals surface area contributed by atoms with E-state index in [9.17, 15) is 0 Å². The summed E-state index contributed by atoms with van der Waals surface area (Å²) in [5.74, 6) is 1.73. The van der Waals surface area contributed by atoms with Gasteiger partial charge < -0.3 is 5.73 Å². The second-order valence-corrected chi connectivity index (χ2v) is 4.31. The molecule has 0 bridgehead atoms. The zero-order valence-corrected chi connectivity index (χ0v) is 9.36. The number of aryl methyl sites for hydroxylation is 1. The molecule has 0 atom stereocenters. The van der Waals surface area contributed by atoms with Gasteiger partial charge >= 0.3 is 0 Å². The Balaban J connectivity index is 2.42. The number of halogens is 1. The third-order valence-corrected chi connectivity index (χ3v) is 2.79. The predicted octanol–water partition coefficient (Wildman–Crippen LogP) is 1.98. The van der Waals surface area contributed by atoms with E-state index in [4.69, 9.17) is 5.73 Å². The minimum Gasteiger partial charge on any atom is -0.381 e. The number of anilines is 1. The van der Waals surface area contributed by atoms with Crippen LogP contribution in [0.2, 0.25) is 0 Å². The van der Waals surface area contributed by atoms with E-state index >= 15 is 0 Å². The summed E-state index contributed by atoms with van der Waals surface area (Å²) >= 11 is 5.16. The van der Waals surface area contributed by atoms with Crippen molar-refractivity contribution >= 4 is 33.5 Å². The van der Waals surface area contributed by atoms with Gasteiger partial charge in [-0.05, 0) is 34.4 Å². The van der Waals surface area contributed by atoms with Gasteiger partial charge in [0.05, 0.1) is 4.47 Å². The van der Waals surface area contributed by atoms with Gasteiger partial charge in [-0.2, -0.15) is 16.9 Å². The molecule has 0 unspecified atom stereocenters. The number of thioether (sulfide) groups is 1. The number of hydrogen-bond acceptors (Lipinski definition) is 3. The van der Waals surface area contributed by atoms with Crippen LogP contribution in [0.5, 0.6) is 0 Å². The van der Waals surface area contributed by atoms with E-state index < -0.39 is 0 Å². The van der Waals surface area contributed by atoms with Crippen LogP contribution in [-0.2, 0) is 6.54 Å². The van der Waals surface area contributed by atoms with Crippen LogP contribution in [0.3, 0.4) is 0 Å². The monoisotopic (exact) mass is 249 g/mol. The van der Waals surface area contributed by atoms with Crippen LogP contribution in [0.25, 0.3) is 0 Å². The van der Waals surface area contributed by atoms with Crippen LogP contribution in [0, 0.1) is 0 Å². The Kier molecular flexibility index (Phi) is 3.94. The molecular formula is C7H12BrN3S. The van der Waals surface area contributed by atoms with Crippen molar-refractivity contribution in [1.29, 1.82) is 0 Å². The maximum absolute atomic E-state index is 5.56. The van der Waals surface area contributed by atoms with Crippen LogP contribution >= 0.6 is 27.7 Å². The van der Waals surface area contributed by atoms with Crippen molar-refractivity contribution < 1.29 is 0 Å². The van der Waals surface area contributed by atoms with Crippen molar-refractivity contribution in [3.05, 3.63) is 10.7 Å². The fourth-order valence-corrected chi connectivity index (χ4v) is 1.63. The number of hydrogen-bond donors (Lipinski definition) is 1. The Labute approximate surface area is 84.8 Å². The maximum atomic E-state index is 5.56. The Bertz CT molecular complexity index is 229. The first-order valence-electron chi connectivity index (χ1n) is 3.71. The summed E-state index contributed by atoms with van der Waals surface area (Å²) in [5, 5.41) is 4.12. The molecule has 3 nitrogen and oxygen atoms in total. The fraction of sp³-hybridized carbons (Fsp3) is 0.571. The molecule has 0 aliphatic rings. The highest BCUT2D eigenvalue weighted by atomic mass is 79.9.